The topological polar surface area (TPSA) is 41.0 Å². The lowest BCUT2D eigenvalue weighted by molar-refractivity contribution is 0.316. The summed E-state index contributed by atoms with van der Waals surface area (Å²) in [5.74, 6) is 1.57. The fraction of sp³-hybridized carbons (Fsp3) is 0.273. The first-order valence-corrected chi connectivity index (χ1v) is 10.7. The summed E-state index contributed by atoms with van der Waals surface area (Å²) in [6.45, 7) is 8.30. The zero-order chi connectivity index (χ0) is 19.8. The third-order valence-corrected chi connectivity index (χ3v) is 5.58. The number of hydrogen-bond donors (Lipinski definition) is 1. The molecule has 28 heavy (non-hydrogen) atoms. The Labute approximate surface area is 176 Å². The minimum atomic E-state index is 0.727. The van der Waals surface area contributed by atoms with Crippen LogP contribution < -0.4 is 5.32 Å². The number of likely N-dealkylation sites (N-methyl/N-ethyl adjacent to an activating group) is 1. The summed E-state index contributed by atoms with van der Waals surface area (Å²) in [7, 11) is 0. The molecule has 0 atom stereocenters. The molecule has 1 heterocycles. The molecule has 0 amide bonds. The van der Waals surface area contributed by atoms with E-state index in [0.717, 1.165) is 58.3 Å². The number of halogens is 1. The van der Waals surface area contributed by atoms with Gasteiger partial charge in [-0.2, -0.15) is 0 Å². The molecule has 0 saturated heterocycles. The monoisotopic (exact) mass is 412 g/mol. The minimum Gasteiger partial charge on any atom is -0.369 e. The standard InChI is InChI=1S/C22H25ClN4S/c1-3-27(4-2)15-14-24-20-16-21(28-19-12-10-18(23)11-13-19)26-22(25-20)17-8-6-5-7-9-17/h5-13,16H,3-4,14-15H2,1-2H3,(H,24,25,26). The summed E-state index contributed by atoms with van der Waals surface area (Å²) in [6, 6.07) is 19.9. The quantitative estimate of drug-likeness (QED) is 0.456. The van der Waals surface area contributed by atoms with Gasteiger partial charge in [0, 0.05) is 34.6 Å². The Bertz CT molecular complexity index is 867. The van der Waals surface area contributed by atoms with Crippen molar-refractivity contribution in [1.29, 1.82) is 0 Å². The molecule has 0 spiro atoms. The van der Waals surface area contributed by atoms with E-state index in [2.05, 4.69) is 24.1 Å². The number of nitrogens with one attached hydrogen (secondary N) is 1. The predicted molar refractivity (Wildman–Crippen MR) is 119 cm³/mol. The number of aromatic nitrogens is 2. The SMILES string of the molecule is CCN(CC)CCNc1cc(Sc2ccc(Cl)cc2)nc(-c2ccccc2)n1. The lowest BCUT2D eigenvalue weighted by Crippen LogP contribution is -2.28. The lowest BCUT2D eigenvalue weighted by Gasteiger charge is -2.18. The Morgan fingerprint density at radius 2 is 1.68 bits per heavy atom. The number of hydrogen-bond acceptors (Lipinski definition) is 5. The fourth-order valence-corrected chi connectivity index (χ4v) is 3.73. The molecule has 3 aromatic rings. The van der Waals surface area contributed by atoms with Gasteiger partial charge in [0.05, 0.1) is 0 Å². The Morgan fingerprint density at radius 3 is 2.36 bits per heavy atom. The van der Waals surface area contributed by atoms with Crippen molar-refractivity contribution in [2.75, 3.05) is 31.5 Å². The van der Waals surface area contributed by atoms with Gasteiger partial charge in [0.2, 0.25) is 0 Å². The minimum absolute atomic E-state index is 0.727. The van der Waals surface area contributed by atoms with Crippen LogP contribution in [0.25, 0.3) is 11.4 Å². The molecule has 0 aliphatic rings. The highest BCUT2D eigenvalue weighted by molar-refractivity contribution is 7.99. The van der Waals surface area contributed by atoms with E-state index < -0.39 is 0 Å². The predicted octanol–water partition coefficient (Wildman–Crippen LogP) is 5.70. The van der Waals surface area contributed by atoms with E-state index >= 15 is 0 Å². The van der Waals surface area contributed by atoms with Crippen molar-refractivity contribution in [1.82, 2.24) is 14.9 Å². The van der Waals surface area contributed by atoms with Crippen LogP contribution >= 0.6 is 23.4 Å². The molecule has 4 nitrogen and oxygen atoms in total. The second kappa shape index (κ2) is 10.5. The van der Waals surface area contributed by atoms with Crippen molar-refractivity contribution in [3.8, 4) is 11.4 Å². The van der Waals surface area contributed by atoms with Crippen molar-refractivity contribution in [2.45, 2.75) is 23.8 Å². The highest BCUT2D eigenvalue weighted by atomic mass is 35.5. The molecule has 6 heteroatoms. The molecule has 0 radical (unpaired) electrons. The number of benzene rings is 2. The third-order valence-electron chi connectivity index (χ3n) is 4.40. The van der Waals surface area contributed by atoms with Gasteiger partial charge in [-0.1, -0.05) is 67.5 Å². The fourth-order valence-electron chi connectivity index (χ4n) is 2.79. The normalized spacial score (nSPS) is 11.0. The molecule has 1 aromatic heterocycles. The maximum absolute atomic E-state index is 6.00. The van der Waals surface area contributed by atoms with Gasteiger partial charge in [-0.15, -0.1) is 0 Å². The highest BCUT2D eigenvalue weighted by Crippen LogP contribution is 2.30. The first kappa shape index (κ1) is 20.6. The Hall–Kier alpha value is -2.08. The van der Waals surface area contributed by atoms with Crippen molar-refractivity contribution < 1.29 is 0 Å². The van der Waals surface area contributed by atoms with Crippen LogP contribution in [0.1, 0.15) is 13.8 Å². The van der Waals surface area contributed by atoms with Crippen LogP contribution in [0.2, 0.25) is 5.02 Å². The van der Waals surface area contributed by atoms with Gasteiger partial charge >= 0.3 is 0 Å². The smallest absolute Gasteiger partial charge is 0.162 e. The molecule has 0 unspecified atom stereocenters. The van der Waals surface area contributed by atoms with Crippen molar-refractivity contribution >= 4 is 29.2 Å². The highest BCUT2D eigenvalue weighted by Gasteiger charge is 2.09. The molecule has 1 N–H and O–H groups in total. The Morgan fingerprint density at radius 1 is 0.964 bits per heavy atom. The van der Waals surface area contributed by atoms with Crippen LogP contribution in [0.3, 0.4) is 0 Å². The second-order valence-electron chi connectivity index (χ2n) is 6.29. The molecule has 3 rings (SSSR count). The molecule has 146 valence electrons. The van der Waals surface area contributed by atoms with E-state index in [9.17, 15) is 0 Å². The second-order valence-corrected chi connectivity index (χ2v) is 7.82. The van der Waals surface area contributed by atoms with Crippen LogP contribution in [0, 0.1) is 0 Å². The average Bonchev–Trinajstić information content (AvgIpc) is 2.73. The van der Waals surface area contributed by atoms with Gasteiger partial charge in [0.15, 0.2) is 5.82 Å². The van der Waals surface area contributed by atoms with Crippen LogP contribution in [0.15, 0.2) is 70.6 Å². The maximum Gasteiger partial charge on any atom is 0.162 e. The van der Waals surface area contributed by atoms with E-state index in [1.807, 2.05) is 60.7 Å². The van der Waals surface area contributed by atoms with Crippen LogP contribution in [0.4, 0.5) is 5.82 Å². The van der Waals surface area contributed by atoms with Crippen molar-refractivity contribution in [3.05, 3.63) is 65.7 Å². The molecule has 0 saturated carbocycles. The van der Waals surface area contributed by atoms with Gasteiger partial charge in [-0.25, -0.2) is 9.97 Å². The summed E-state index contributed by atoms with van der Waals surface area (Å²) >= 11 is 7.61. The Balaban J connectivity index is 1.82. The van der Waals surface area contributed by atoms with E-state index in [0.29, 0.717) is 0 Å². The van der Waals surface area contributed by atoms with Gasteiger partial charge < -0.3 is 10.2 Å². The van der Waals surface area contributed by atoms with E-state index in [1.54, 1.807) is 11.8 Å². The van der Waals surface area contributed by atoms with Crippen molar-refractivity contribution in [3.63, 3.8) is 0 Å². The third kappa shape index (κ3) is 5.96. The number of nitrogens with zero attached hydrogens (tertiary/aromatic N) is 3. The van der Waals surface area contributed by atoms with E-state index in [-0.39, 0.29) is 0 Å². The molecule has 0 aliphatic heterocycles. The largest absolute Gasteiger partial charge is 0.369 e. The molecular weight excluding hydrogens is 388 g/mol. The Kier molecular flexibility index (Phi) is 7.71. The molecule has 2 aromatic carbocycles. The van der Waals surface area contributed by atoms with E-state index in [4.69, 9.17) is 21.6 Å². The van der Waals surface area contributed by atoms with Gasteiger partial charge in [-0.05, 0) is 37.4 Å². The van der Waals surface area contributed by atoms with Crippen LogP contribution in [-0.2, 0) is 0 Å². The van der Waals surface area contributed by atoms with Gasteiger partial charge in [0.25, 0.3) is 0 Å². The molecule has 0 fully saturated rings. The molecule has 0 bridgehead atoms. The van der Waals surface area contributed by atoms with Gasteiger partial charge in [0.1, 0.15) is 10.8 Å². The molecular formula is C22H25ClN4S. The zero-order valence-electron chi connectivity index (χ0n) is 16.2. The summed E-state index contributed by atoms with van der Waals surface area (Å²) in [6.07, 6.45) is 0. The zero-order valence-corrected chi connectivity index (χ0v) is 17.8. The van der Waals surface area contributed by atoms with Crippen LogP contribution in [0.5, 0.6) is 0 Å². The summed E-state index contributed by atoms with van der Waals surface area (Å²) < 4.78 is 0. The lowest BCUT2D eigenvalue weighted by atomic mass is 10.2. The average molecular weight is 413 g/mol. The summed E-state index contributed by atoms with van der Waals surface area (Å²) in [5, 5.41) is 5.10. The first-order valence-electron chi connectivity index (χ1n) is 9.52. The summed E-state index contributed by atoms with van der Waals surface area (Å²) in [5.41, 5.74) is 1.01. The molecule has 0 aliphatic carbocycles. The first-order chi connectivity index (χ1) is 13.7. The van der Waals surface area contributed by atoms with Gasteiger partial charge in [-0.3, -0.25) is 0 Å². The maximum atomic E-state index is 6.00. The van der Waals surface area contributed by atoms with E-state index in [1.165, 1.54) is 0 Å². The number of rotatable bonds is 9. The van der Waals surface area contributed by atoms with Crippen LogP contribution in [-0.4, -0.2) is 41.0 Å². The number of anilines is 1. The van der Waals surface area contributed by atoms with Crippen molar-refractivity contribution in [2.24, 2.45) is 0 Å². The summed E-state index contributed by atoms with van der Waals surface area (Å²) in [4.78, 5) is 13.0.